The predicted molar refractivity (Wildman–Crippen MR) is 59.9 cm³/mol. The van der Waals surface area contributed by atoms with Gasteiger partial charge in [-0.3, -0.25) is 4.79 Å². The van der Waals surface area contributed by atoms with Crippen LogP contribution in [0, 0.1) is 11.3 Å². The Balaban J connectivity index is 2.18. The van der Waals surface area contributed by atoms with Crippen LogP contribution in [0.4, 0.5) is 0 Å². The fourth-order valence-electron chi connectivity index (χ4n) is 1.44. The van der Waals surface area contributed by atoms with E-state index in [1.54, 1.807) is 22.8 Å². The Hall–Kier alpha value is -2.54. The van der Waals surface area contributed by atoms with Gasteiger partial charge in [0.2, 0.25) is 12.3 Å². The molecule has 2 aromatic rings. The molecule has 4 nitrogen and oxygen atoms in total. The molecule has 2 rings (SSSR count). The van der Waals surface area contributed by atoms with Crippen LogP contribution < -0.4 is 4.57 Å². The first-order valence-corrected chi connectivity index (χ1v) is 5.14. The molecule has 0 aliphatic heterocycles. The molecule has 0 saturated heterocycles. The molecule has 0 unspecified atom stereocenters. The maximum absolute atomic E-state index is 11.9. The highest BCUT2D eigenvalue weighted by Crippen LogP contribution is 1.99. The summed E-state index contributed by atoms with van der Waals surface area (Å²) in [5.74, 6) is -0.113. The van der Waals surface area contributed by atoms with Crippen LogP contribution in [-0.4, -0.2) is 10.8 Å². The van der Waals surface area contributed by atoms with Gasteiger partial charge in [0.1, 0.15) is 17.5 Å². The van der Waals surface area contributed by atoms with E-state index in [0.717, 1.165) is 0 Å². The third-order valence-electron chi connectivity index (χ3n) is 2.25. The standard InChI is InChI=1S/C13H10N3O/c14-9-11-5-4-6-12(15-11)13(17)10-16-7-2-1-3-8-16/h1-8H,10H2/q+1. The molecule has 82 valence electrons. The summed E-state index contributed by atoms with van der Waals surface area (Å²) in [6, 6.07) is 12.4. The first-order valence-electron chi connectivity index (χ1n) is 5.14. The molecule has 0 radical (unpaired) electrons. The predicted octanol–water partition coefficient (Wildman–Crippen LogP) is 1.12. The number of rotatable bonds is 3. The van der Waals surface area contributed by atoms with Crippen molar-refractivity contribution in [2.24, 2.45) is 0 Å². The second-order valence-electron chi connectivity index (χ2n) is 3.49. The van der Waals surface area contributed by atoms with Gasteiger partial charge < -0.3 is 0 Å². The molecule has 0 bridgehead atoms. The number of nitriles is 1. The van der Waals surface area contributed by atoms with Crippen molar-refractivity contribution in [3.63, 3.8) is 0 Å². The van der Waals surface area contributed by atoms with E-state index in [2.05, 4.69) is 4.98 Å². The van der Waals surface area contributed by atoms with Crippen molar-refractivity contribution < 1.29 is 9.36 Å². The van der Waals surface area contributed by atoms with Crippen LogP contribution in [0.5, 0.6) is 0 Å². The average molecular weight is 224 g/mol. The van der Waals surface area contributed by atoms with E-state index < -0.39 is 0 Å². The molecule has 2 heterocycles. The minimum absolute atomic E-state index is 0.113. The molecule has 0 aromatic carbocycles. The van der Waals surface area contributed by atoms with Gasteiger partial charge in [0.05, 0.1) is 0 Å². The van der Waals surface area contributed by atoms with Crippen molar-refractivity contribution in [2.45, 2.75) is 6.54 Å². The van der Waals surface area contributed by atoms with Crippen molar-refractivity contribution in [2.75, 3.05) is 0 Å². The highest BCUT2D eigenvalue weighted by molar-refractivity contribution is 5.93. The van der Waals surface area contributed by atoms with E-state index in [1.807, 2.05) is 36.7 Å². The lowest BCUT2D eigenvalue weighted by Crippen LogP contribution is -2.37. The Morgan fingerprint density at radius 1 is 1.24 bits per heavy atom. The second-order valence-corrected chi connectivity index (χ2v) is 3.49. The first kappa shape index (κ1) is 11.0. The zero-order chi connectivity index (χ0) is 12.1. The van der Waals surface area contributed by atoms with Gasteiger partial charge in [-0.25, -0.2) is 4.98 Å². The van der Waals surface area contributed by atoms with Crippen LogP contribution in [0.15, 0.2) is 48.8 Å². The lowest BCUT2D eigenvalue weighted by molar-refractivity contribution is -0.683. The molecular weight excluding hydrogens is 214 g/mol. The molecule has 0 saturated carbocycles. The number of nitrogens with zero attached hydrogens (tertiary/aromatic N) is 3. The maximum atomic E-state index is 11.9. The van der Waals surface area contributed by atoms with Crippen LogP contribution >= 0.6 is 0 Å². The zero-order valence-electron chi connectivity index (χ0n) is 9.08. The molecule has 0 amide bonds. The molecule has 0 aliphatic rings. The summed E-state index contributed by atoms with van der Waals surface area (Å²) in [6.07, 6.45) is 3.62. The number of pyridine rings is 2. The van der Waals surface area contributed by atoms with Gasteiger partial charge in [-0.2, -0.15) is 9.83 Å². The van der Waals surface area contributed by atoms with Gasteiger partial charge in [0.15, 0.2) is 12.4 Å². The molecule has 4 heteroatoms. The quantitative estimate of drug-likeness (QED) is 0.580. The number of Topliss-reactive ketones (excluding diaryl/α,β-unsaturated/α-hetero) is 1. The minimum atomic E-state index is -0.113. The van der Waals surface area contributed by atoms with Gasteiger partial charge >= 0.3 is 0 Å². The third-order valence-corrected chi connectivity index (χ3v) is 2.25. The molecule has 0 atom stereocenters. The Morgan fingerprint density at radius 2 is 2.00 bits per heavy atom. The Bertz CT molecular complexity index is 573. The smallest absolute Gasteiger partial charge is 0.245 e. The average Bonchev–Trinajstić information content (AvgIpc) is 2.40. The van der Waals surface area contributed by atoms with E-state index in [4.69, 9.17) is 5.26 Å². The summed E-state index contributed by atoms with van der Waals surface area (Å²) >= 11 is 0. The van der Waals surface area contributed by atoms with Gasteiger partial charge in [-0.05, 0) is 12.1 Å². The molecule has 0 spiro atoms. The lowest BCUT2D eigenvalue weighted by atomic mass is 10.2. The Labute approximate surface area is 98.8 Å². The number of hydrogen-bond donors (Lipinski definition) is 0. The van der Waals surface area contributed by atoms with Crippen LogP contribution in [0.3, 0.4) is 0 Å². The van der Waals surface area contributed by atoms with Crippen molar-refractivity contribution >= 4 is 5.78 Å². The molecule has 2 aromatic heterocycles. The minimum Gasteiger partial charge on any atom is -0.285 e. The fraction of sp³-hybridized carbons (Fsp3) is 0.0769. The summed E-state index contributed by atoms with van der Waals surface area (Å²) < 4.78 is 1.77. The van der Waals surface area contributed by atoms with Gasteiger partial charge in [-0.15, -0.1) is 0 Å². The monoisotopic (exact) mass is 224 g/mol. The second kappa shape index (κ2) is 4.99. The molecule has 0 aliphatic carbocycles. The summed E-state index contributed by atoms with van der Waals surface area (Å²) in [4.78, 5) is 15.9. The van der Waals surface area contributed by atoms with Crippen LogP contribution in [0.1, 0.15) is 16.2 Å². The van der Waals surface area contributed by atoms with Crippen LogP contribution in [0.25, 0.3) is 0 Å². The Kier molecular flexibility index (Phi) is 3.22. The largest absolute Gasteiger partial charge is 0.285 e. The fourth-order valence-corrected chi connectivity index (χ4v) is 1.44. The third kappa shape index (κ3) is 2.73. The Morgan fingerprint density at radius 3 is 2.71 bits per heavy atom. The van der Waals surface area contributed by atoms with E-state index in [0.29, 0.717) is 5.69 Å². The van der Waals surface area contributed by atoms with E-state index in [1.165, 1.54) is 0 Å². The van der Waals surface area contributed by atoms with Crippen molar-refractivity contribution in [3.05, 3.63) is 60.2 Å². The molecule has 0 N–H and O–H groups in total. The summed E-state index contributed by atoms with van der Waals surface area (Å²) in [6.45, 7) is 0.225. The van der Waals surface area contributed by atoms with Crippen molar-refractivity contribution in [1.29, 1.82) is 5.26 Å². The SMILES string of the molecule is N#Cc1cccc(C(=O)C[n+]2ccccc2)n1. The zero-order valence-corrected chi connectivity index (χ0v) is 9.08. The highest BCUT2D eigenvalue weighted by Gasteiger charge is 2.13. The summed E-state index contributed by atoms with van der Waals surface area (Å²) in [5, 5.41) is 8.70. The molecule has 17 heavy (non-hydrogen) atoms. The topological polar surface area (TPSA) is 57.6 Å². The van der Waals surface area contributed by atoms with E-state index >= 15 is 0 Å². The summed E-state index contributed by atoms with van der Waals surface area (Å²) in [5.41, 5.74) is 0.578. The maximum Gasteiger partial charge on any atom is 0.245 e. The van der Waals surface area contributed by atoms with Crippen LogP contribution in [0.2, 0.25) is 0 Å². The van der Waals surface area contributed by atoms with Gasteiger partial charge in [0, 0.05) is 12.1 Å². The lowest BCUT2D eigenvalue weighted by Gasteiger charge is -1.97. The molecule has 0 fully saturated rings. The van der Waals surface area contributed by atoms with Crippen LogP contribution in [-0.2, 0) is 6.54 Å². The van der Waals surface area contributed by atoms with Crippen molar-refractivity contribution in [1.82, 2.24) is 4.98 Å². The summed E-state index contributed by atoms with van der Waals surface area (Å²) in [7, 11) is 0. The number of carbonyl (C=O) groups excluding carboxylic acids is 1. The van der Waals surface area contributed by atoms with Crippen molar-refractivity contribution in [3.8, 4) is 6.07 Å². The van der Waals surface area contributed by atoms with E-state index in [-0.39, 0.29) is 18.0 Å². The highest BCUT2D eigenvalue weighted by atomic mass is 16.1. The van der Waals surface area contributed by atoms with E-state index in [9.17, 15) is 4.79 Å². The number of hydrogen-bond acceptors (Lipinski definition) is 3. The van der Waals surface area contributed by atoms with Gasteiger partial charge in [-0.1, -0.05) is 12.1 Å². The number of ketones is 1. The number of aromatic nitrogens is 2. The molecular formula is C13H10N3O+. The first-order chi connectivity index (χ1) is 8.29. The van der Waals surface area contributed by atoms with Gasteiger partial charge in [0.25, 0.3) is 0 Å². The number of carbonyl (C=O) groups is 1. The normalized spacial score (nSPS) is 9.59.